The number of aliphatic hydroxyl groups excluding tert-OH is 1. The molecule has 94 valence electrons. The van der Waals surface area contributed by atoms with E-state index in [0.29, 0.717) is 5.78 Å². The molecule has 1 N–H and O–H groups in total. The quantitative estimate of drug-likeness (QED) is 0.708. The van der Waals surface area contributed by atoms with Crippen LogP contribution in [0.5, 0.6) is 0 Å². The summed E-state index contributed by atoms with van der Waals surface area (Å²) >= 11 is 0. The highest BCUT2D eigenvalue weighted by molar-refractivity contribution is 5.82. The maximum absolute atomic E-state index is 11.4. The van der Waals surface area contributed by atoms with E-state index >= 15 is 0 Å². The van der Waals surface area contributed by atoms with Gasteiger partial charge < -0.3 is 5.11 Å². The van der Waals surface area contributed by atoms with Crippen LogP contribution in [0.25, 0.3) is 0 Å². The molecule has 0 heterocycles. The van der Waals surface area contributed by atoms with Gasteiger partial charge in [-0.05, 0) is 56.8 Å². The largest absolute Gasteiger partial charge is 0.393 e. The lowest BCUT2D eigenvalue weighted by Crippen LogP contribution is -2.22. The fourth-order valence-electron chi connectivity index (χ4n) is 4.03. The van der Waals surface area contributed by atoms with E-state index in [-0.39, 0.29) is 6.10 Å². The summed E-state index contributed by atoms with van der Waals surface area (Å²) in [6.45, 7) is 0. The van der Waals surface area contributed by atoms with Crippen molar-refractivity contribution < 1.29 is 9.90 Å². The molecule has 3 rings (SSSR count). The Balaban J connectivity index is 1.67. The molecule has 0 amide bonds. The van der Waals surface area contributed by atoms with Gasteiger partial charge in [-0.15, -0.1) is 0 Å². The number of aliphatic hydroxyl groups is 1. The van der Waals surface area contributed by atoms with Crippen molar-refractivity contribution in [2.75, 3.05) is 0 Å². The lowest BCUT2D eigenvalue weighted by atomic mass is 9.72. The van der Waals surface area contributed by atoms with Crippen LogP contribution < -0.4 is 0 Å². The first-order valence-electron chi connectivity index (χ1n) is 7.12. The van der Waals surface area contributed by atoms with Crippen molar-refractivity contribution in [1.82, 2.24) is 0 Å². The first kappa shape index (κ1) is 11.5. The maximum atomic E-state index is 11.4. The van der Waals surface area contributed by atoms with Crippen LogP contribution in [0, 0.1) is 11.8 Å². The third-order valence-corrected chi connectivity index (χ3v) is 5.05. The molecule has 1 saturated carbocycles. The molecule has 17 heavy (non-hydrogen) atoms. The predicted molar refractivity (Wildman–Crippen MR) is 66.6 cm³/mol. The second kappa shape index (κ2) is 4.56. The summed E-state index contributed by atoms with van der Waals surface area (Å²) in [5.41, 5.74) is 3.07. The standard InChI is InChI=1S/C15H22O2/c16-14-5-3-11-7-10(1-2-12(11)8-14)13-4-6-15(17)9-13/h10,13,15,17H,1-9H2/t10-,13+,15+/m0/s1. The van der Waals surface area contributed by atoms with Crippen molar-refractivity contribution in [1.29, 1.82) is 0 Å². The minimum Gasteiger partial charge on any atom is -0.393 e. The summed E-state index contributed by atoms with van der Waals surface area (Å²) in [5, 5.41) is 9.64. The monoisotopic (exact) mass is 234 g/mol. The van der Waals surface area contributed by atoms with E-state index in [1.54, 1.807) is 5.57 Å². The Morgan fingerprint density at radius 3 is 2.59 bits per heavy atom. The lowest BCUT2D eigenvalue weighted by molar-refractivity contribution is -0.118. The van der Waals surface area contributed by atoms with Gasteiger partial charge in [-0.1, -0.05) is 11.1 Å². The van der Waals surface area contributed by atoms with Gasteiger partial charge >= 0.3 is 0 Å². The molecule has 0 radical (unpaired) electrons. The fraction of sp³-hybridized carbons (Fsp3) is 0.800. The van der Waals surface area contributed by atoms with Crippen LogP contribution in [0.2, 0.25) is 0 Å². The summed E-state index contributed by atoms with van der Waals surface area (Å²) in [6, 6.07) is 0. The molecule has 0 aliphatic heterocycles. The van der Waals surface area contributed by atoms with Crippen molar-refractivity contribution in [2.45, 2.75) is 63.9 Å². The highest BCUT2D eigenvalue weighted by atomic mass is 16.3. The number of carbonyl (C=O) groups excluding carboxylic acids is 1. The Morgan fingerprint density at radius 2 is 1.82 bits per heavy atom. The average molecular weight is 234 g/mol. The normalized spacial score (nSPS) is 38.4. The van der Waals surface area contributed by atoms with Gasteiger partial charge in [0.15, 0.2) is 0 Å². The van der Waals surface area contributed by atoms with Crippen LogP contribution in [0.4, 0.5) is 0 Å². The van der Waals surface area contributed by atoms with E-state index in [1.165, 1.54) is 24.8 Å². The van der Waals surface area contributed by atoms with E-state index in [2.05, 4.69) is 0 Å². The number of allylic oxidation sites excluding steroid dienone is 2. The zero-order valence-corrected chi connectivity index (χ0v) is 10.5. The van der Waals surface area contributed by atoms with Gasteiger partial charge in [-0.2, -0.15) is 0 Å². The van der Waals surface area contributed by atoms with Gasteiger partial charge in [0.1, 0.15) is 5.78 Å². The number of rotatable bonds is 1. The molecule has 3 aliphatic rings. The number of Topliss-reactive ketones (excluding diaryl/α,β-unsaturated/α-hetero) is 1. The van der Waals surface area contributed by atoms with Gasteiger partial charge in [0.25, 0.3) is 0 Å². The molecule has 0 unspecified atom stereocenters. The van der Waals surface area contributed by atoms with E-state index < -0.39 is 0 Å². The first-order valence-corrected chi connectivity index (χ1v) is 7.12. The minimum absolute atomic E-state index is 0.0386. The van der Waals surface area contributed by atoms with E-state index in [9.17, 15) is 9.90 Å². The SMILES string of the molecule is O=C1CCC2=C(CC[C@H]([C@@H]3CC[C@@H](O)C3)C2)C1. The number of hydrogen-bond acceptors (Lipinski definition) is 2. The third kappa shape index (κ3) is 2.33. The van der Waals surface area contributed by atoms with Crippen LogP contribution in [0.15, 0.2) is 11.1 Å². The summed E-state index contributed by atoms with van der Waals surface area (Å²) in [6.07, 6.45) is 9.38. The Labute approximate surface area is 103 Å². The smallest absolute Gasteiger partial charge is 0.137 e. The number of carbonyl (C=O) groups is 1. The molecule has 1 fully saturated rings. The molecule has 3 atom stereocenters. The molecule has 0 aromatic heterocycles. The molecule has 0 bridgehead atoms. The third-order valence-electron chi connectivity index (χ3n) is 5.05. The minimum atomic E-state index is -0.0386. The average Bonchev–Trinajstić information content (AvgIpc) is 2.75. The molecule has 0 aromatic rings. The zero-order valence-electron chi connectivity index (χ0n) is 10.5. The van der Waals surface area contributed by atoms with Crippen LogP contribution in [0.3, 0.4) is 0 Å². The van der Waals surface area contributed by atoms with Crippen molar-refractivity contribution >= 4 is 5.78 Å². The van der Waals surface area contributed by atoms with Crippen LogP contribution in [-0.2, 0) is 4.79 Å². The van der Waals surface area contributed by atoms with Crippen LogP contribution in [-0.4, -0.2) is 17.0 Å². The van der Waals surface area contributed by atoms with Crippen LogP contribution in [0.1, 0.15) is 57.8 Å². The molecule has 0 spiro atoms. The Morgan fingerprint density at radius 1 is 0.941 bits per heavy atom. The van der Waals surface area contributed by atoms with Crippen molar-refractivity contribution in [2.24, 2.45) is 11.8 Å². The Kier molecular flexibility index (Phi) is 3.08. The Hall–Kier alpha value is -0.630. The molecule has 0 aromatic carbocycles. The fourth-order valence-corrected chi connectivity index (χ4v) is 4.03. The van der Waals surface area contributed by atoms with Crippen molar-refractivity contribution in [3.63, 3.8) is 0 Å². The van der Waals surface area contributed by atoms with Gasteiger partial charge in [0.05, 0.1) is 6.10 Å². The molecule has 0 saturated heterocycles. The molecular formula is C15H22O2. The van der Waals surface area contributed by atoms with E-state index in [0.717, 1.165) is 50.4 Å². The van der Waals surface area contributed by atoms with Gasteiger partial charge in [-0.25, -0.2) is 0 Å². The second-order valence-corrected chi connectivity index (χ2v) is 6.15. The molecule has 3 aliphatic carbocycles. The van der Waals surface area contributed by atoms with Gasteiger partial charge in [0, 0.05) is 12.8 Å². The summed E-state index contributed by atoms with van der Waals surface area (Å²) in [5.74, 6) is 1.98. The highest BCUT2D eigenvalue weighted by Gasteiger charge is 2.33. The van der Waals surface area contributed by atoms with Crippen molar-refractivity contribution in [3.8, 4) is 0 Å². The molecule has 2 heteroatoms. The zero-order chi connectivity index (χ0) is 11.8. The second-order valence-electron chi connectivity index (χ2n) is 6.15. The molecular weight excluding hydrogens is 212 g/mol. The summed E-state index contributed by atoms with van der Waals surface area (Å²) < 4.78 is 0. The molecule has 2 nitrogen and oxygen atoms in total. The predicted octanol–water partition coefficient (Wildman–Crippen LogP) is 3.00. The lowest BCUT2D eigenvalue weighted by Gasteiger charge is -2.33. The van der Waals surface area contributed by atoms with Gasteiger partial charge in [0.2, 0.25) is 0 Å². The first-order chi connectivity index (χ1) is 8.22. The van der Waals surface area contributed by atoms with Crippen molar-refractivity contribution in [3.05, 3.63) is 11.1 Å². The summed E-state index contributed by atoms with van der Waals surface area (Å²) in [4.78, 5) is 11.4. The topological polar surface area (TPSA) is 37.3 Å². The number of ketones is 1. The van der Waals surface area contributed by atoms with Crippen LogP contribution >= 0.6 is 0 Å². The highest BCUT2D eigenvalue weighted by Crippen LogP contribution is 2.44. The van der Waals surface area contributed by atoms with E-state index in [1.807, 2.05) is 0 Å². The summed E-state index contributed by atoms with van der Waals surface area (Å²) in [7, 11) is 0. The van der Waals surface area contributed by atoms with Gasteiger partial charge in [-0.3, -0.25) is 4.79 Å². The van der Waals surface area contributed by atoms with E-state index in [4.69, 9.17) is 0 Å². The number of hydrogen-bond donors (Lipinski definition) is 1. The maximum Gasteiger partial charge on any atom is 0.137 e. The Bertz CT molecular complexity index is 356.